The maximum atomic E-state index is 5.81. The third-order valence-corrected chi connectivity index (χ3v) is 3.58. The van der Waals surface area contributed by atoms with E-state index in [9.17, 15) is 0 Å². The summed E-state index contributed by atoms with van der Waals surface area (Å²) < 4.78 is 11.2. The van der Waals surface area contributed by atoms with Gasteiger partial charge in [-0.25, -0.2) is 0 Å². The van der Waals surface area contributed by atoms with Crippen LogP contribution in [0.15, 0.2) is 24.3 Å². The molecule has 100 valence electrons. The number of para-hydroxylation sites is 1. The largest absolute Gasteiger partial charge is 0.496 e. The lowest BCUT2D eigenvalue weighted by molar-refractivity contribution is 0.0546. The minimum absolute atomic E-state index is 0.278. The summed E-state index contributed by atoms with van der Waals surface area (Å²) in [6.07, 6.45) is 3.11. The Morgan fingerprint density at radius 3 is 2.83 bits per heavy atom. The van der Waals surface area contributed by atoms with Crippen molar-refractivity contribution in [2.24, 2.45) is 0 Å². The van der Waals surface area contributed by atoms with Crippen LogP contribution in [-0.4, -0.2) is 25.9 Å². The smallest absolute Gasteiger partial charge is 0.123 e. The predicted molar refractivity (Wildman–Crippen MR) is 73.0 cm³/mol. The van der Waals surface area contributed by atoms with E-state index in [1.54, 1.807) is 7.11 Å². The number of ether oxygens (including phenoxy) is 2. The number of nitrogens with one attached hydrogen (secondary N) is 1. The van der Waals surface area contributed by atoms with Gasteiger partial charge in [0.15, 0.2) is 0 Å². The number of benzene rings is 1. The molecule has 1 aliphatic heterocycles. The van der Waals surface area contributed by atoms with Gasteiger partial charge in [-0.3, -0.25) is 0 Å². The molecule has 1 aromatic rings. The number of methoxy groups -OCH3 is 1. The molecule has 18 heavy (non-hydrogen) atoms. The predicted octanol–water partition coefficient (Wildman–Crippen LogP) is 2.91. The maximum Gasteiger partial charge on any atom is 0.123 e. The lowest BCUT2D eigenvalue weighted by atomic mass is 10.1. The van der Waals surface area contributed by atoms with Crippen molar-refractivity contribution in [2.75, 3.05) is 13.7 Å². The molecule has 1 saturated heterocycles. The van der Waals surface area contributed by atoms with Crippen molar-refractivity contribution >= 4 is 0 Å². The highest BCUT2D eigenvalue weighted by atomic mass is 16.5. The zero-order valence-corrected chi connectivity index (χ0v) is 11.5. The molecule has 1 aromatic carbocycles. The maximum absolute atomic E-state index is 5.81. The molecular formula is C15H23NO2. The van der Waals surface area contributed by atoms with Gasteiger partial charge >= 0.3 is 0 Å². The van der Waals surface area contributed by atoms with E-state index in [0.717, 1.165) is 18.7 Å². The first-order chi connectivity index (χ1) is 8.70. The van der Waals surface area contributed by atoms with Crippen molar-refractivity contribution in [2.45, 2.75) is 44.9 Å². The molecule has 0 amide bonds. The average molecular weight is 249 g/mol. The van der Waals surface area contributed by atoms with Gasteiger partial charge in [-0.05, 0) is 32.8 Å². The van der Waals surface area contributed by atoms with Crippen LogP contribution in [0.25, 0.3) is 0 Å². The summed E-state index contributed by atoms with van der Waals surface area (Å²) in [5.74, 6) is 0.943. The van der Waals surface area contributed by atoms with E-state index < -0.39 is 0 Å². The van der Waals surface area contributed by atoms with Crippen molar-refractivity contribution in [3.63, 3.8) is 0 Å². The van der Waals surface area contributed by atoms with E-state index in [0.29, 0.717) is 12.2 Å². The van der Waals surface area contributed by atoms with Crippen molar-refractivity contribution in [3.05, 3.63) is 29.8 Å². The highest BCUT2D eigenvalue weighted by Crippen LogP contribution is 2.25. The summed E-state index contributed by atoms with van der Waals surface area (Å²) in [7, 11) is 1.72. The molecule has 0 spiro atoms. The first-order valence-corrected chi connectivity index (χ1v) is 6.72. The molecule has 0 aliphatic carbocycles. The summed E-state index contributed by atoms with van der Waals surface area (Å²) in [4.78, 5) is 0. The average Bonchev–Trinajstić information content (AvgIpc) is 2.81. The van der Waals surface area contributed by atoms with E-state index in [4.69, 9.17) is 9.47 Å². The summed E-state index contributed by atoms with van der Waals surface area (Å²) in [6, 6.07) is 8.43. The molecule has 0 aromatic heterocycles. The van der Waals surface area contributed by atoms with E-state index in [1.165, 1.54) is 12.0 Å². The molecule has 0 radical (unpaired) electrons. The van der Waals surface area contributed by atoms with Crippen LogP contribution in [0.3, 0.4) is 0 Å². The number of hydrogen-bond donors (Lipinski definition) is 1. The van der Waals surface area contributed by atoms with Gasteiger partial charge in [-0.1, -0.05) is 18.2 Å². The van der Waals surface area contributed by atoms with Crippen LogP contribution in [0.1, 0.15) is 38.3 Å². The van der Waals surface area contributed by atoms with Crippen molar-refractivity contribution in [1.82, 2.24) is 5.32 Å². The summed E-state index contributed by atoms with van der Waals surface area (Å²) in [6.45, 7) is 5.21. The summed E-state index contributed by atoms with van der Waals surface area (Å²) in [5, 5.41) is 3.53. The topological polar surface area (TPSA) is 30.5 Å². The monoisotopic (exact) mass is 249 g/mol. The Labute approximate surface area is 109 Å². The second kappa shape index (κ2) is 6.21. The normalized spacial score (nSPS) is 25.1. The molecule has 0 saturated carbocycles. The van der Waals surface area contributed by atoms with Crippen LogP contribution in [0, 0.1) is 0 Å². The Hall–Kier alpha value is -1.06. The fourth-order valence-electron chi connectivity index (χ4n) is 2.48. The van der Waals surface area contributed by atoms with Gasteiger partial charge in [0.05, 0.1) is 19.3 Å². The molecule has 3 nitrogen and oxygen atoms in total. The Morgan fingerprint density at radius 1 is 1.39 bits per heavy atom. The van der Waals surface area contributed by atoms with Crippen molar-refractivity contribution < 1.29 is 9.47 Å². The van der Waals surface area contributed by atoms with Crippen molar-refractivity contribution in [1.29, 1.82) is 0 Å². The molecule has 1 fully saturated rings. The number of hydrogen-bond acceptors (Lipinski definition) is 3. The van der Waals surface area contributed by atoms with Gasteiger partial charge in [-0.2, -0.15) is 0 Å². The van der Waals surface area contributed by atoms with Crippen LogP contribution >= 0.6 is 0 Å². The molecule has 1 heterocycles. The van der Waals surface area contributed by atoms with Gasteiger partial charge in [0.2, 0.25) is 0 Å². The molecule has 1 aliphatic rings. The van der Waals surface area contributed by atoms with E-state index >= 15 is 0 Å². The third-order valence-electron chi connectivity index (χ3n) is 3.58. The summed E-state index contributed by atoms with van der Waals surface area (Å²) >= 11 is 0. The van der Waals surface area contributed by atoms with Crippen LogP contribution in [0.4, 0.5) is 0 Å². The van der Waals surface area contributed by atoms with Gasteiger partial charge < -0.3 is 14.8 Å². The minimum atomic E-state index is 0.278. The van der Waals surface area contributed by atoms with Gasteiger partial charge in [-0.15, -0.1) is 0 Å². The fraction of sp³-hybridized carbons (Fsp3) is 0.600. The number of rotatable bonds is 5. The minimum Gasteiger partial charge on any atom is -0.496 e. The zero-order chi connectivity index (χ0) is 13.0. The molecule has 2 rings (SSSR count). The lowest BCUT2D eigenvalue weighted by Crippen LogP contribution is -2.29. The highest BCUT2D eigenvalue weighted by Gasteiger charge is 2.22. The zero-order valence-electron chi connectivity index (χ0n) is 11.5. The summed E-state index contributed by atoms with van der Waals surface area (Å²) in [5.41, 5.74) is 1.20. The quantitative estimate of drug-likeness (QED) is 0.870. The second-order valence-corrected chi connectivity index (χ2v) is 5.02. The lowest BCUT2D eigenvalue weighted by Gasteiger charge is -2.19. The first kappa shape index (κ1) is 13.4. The first-order valence-electron chi connectivity index (χ1n) is 6.72. The van der Waals surface area contributed by atoms with Gasteiger partial charge in [0.1, 0.15) is 5.75 Å². The molecular weight excluding hydrogens is 226 g/mol. The van der Waals surface area contributed by atoms with E-state index in [-0.39, 0.29) is 6.04 Å². The highest BCUT2D eigenvalue weighted by molar-refractivity contribution is 5.35. The van der Waals surface area contributed by atoms with Crippen LogP contribution in [0.5, 0.6) is 5.75 Å². The molecule has 0 bridgehead atoms. The van der Waals surface area contributed by atoms with Gasteiger partial charge in [0, 0.05) is 18.2 Å². The van der Waals surface area contributed by atoms with Crippen LogP contribution < -0.4 is 10.1 Å². The Kier molecular flexibility index (Phi) is 4.61. The van der Waals surface area contributed by atoms with E-state index in [2.05, 4.69) is 25.2 Å². The van der Waals surface area contributed by atoms with Gasteiger partial charge in [0.25, 0.3) is 0 Å². The Balaban J connectivity index is 1.89. The molecule has 1 N–H and O–H groups in total. The van der Waals surface area contributed by atoms with E-state index in [1.807, 2.05) is 18.2 Å². The van der Waals surface area contributed by atoms with Crippen LogP contribution in [0.2, 0.25) is 0 Å². The Bertz CT molecular complexity index is 381. The SMILES string of the molecule is COc1ccccc1[C@H](C)NCC1CCC(C)O1. The van der Waals surface area contributed by atoms with Crippen LogP contribution in [-0.2, 0) is 4.74 Å². The molecule has 3 atom stereocenters. The van der Waals surface area contributed by atoms with Crippen molar-refractivity contribution in [3.8, 4) is 5.75 Å². The fourth-order valence-corrected chi connectivity index (χ4v) is 2.48. The third kappa shape index (κ3) is 3.24. The second-order valence-electron chi connectivity index (χ2n) is 5.02. The molecule has 2 unspecified atom stereocenters. The standard InChI is InChI=1S/C15H23NO2/c1-11-8-9-13(18-11)10-16-12(2)14-6-4-5-7-15(14)17-3/h4-7,11-13,16H,8-10H2,1-3H3/t11?,12-,13?/m0/s1. The Morgan fingerprint density at radius 2 is 2.17 bits per heavy atom. The molecule has 3 heteroatoms.